The van der Waals surface area contributed by atoms with Crippen LogP contribution in [0, 0.1) is 0 Å². The first-order chi connectivity index (χ1) is 10.8. The van der Waals surface area contributed by atoms with Crippen LogP contribution >= 0.6 is 0 Å². The van der Waals surface area contributed by atoms with Gasteiger partial charge in [0.2, 0.25) is 5.95 Å². The lowest BCUT2D eigenvalue weighted by Gasteiger charge is -2.02. The molecule has 0 saturated heterocycles. The van der Waals surface area contributed by atoms with E-state index >= 15 is 0 Å². The van der Waals surface area contributed by atoms with Gasteiger partial charge in [0.05, 0.1) is 5.52 Å². The Balaban J connectivity index is 1.90. The molecule has 3 heterocycles. The number of nitrogens with zero attached hydrogens (tertiary/aromatic N) is 5. The molecule has 0 radical (unpaired) electrons. The summed E-state index contributed by atoms with van der Waals surface area (Å²) in [5.74, 6) is 0.601. The van der Waals surface area contributed by atoms with Crippen molar-refractivity contribution < 1.29 is 0 Å². The number of aromatic nitrogens is 6. The highest BCUT2D eigenvalue weighted by molar-refractivity contribution is 5.95. The Morgan fingerprint density at radius 1 is 1.32 bits per heavy atom. The Bertz CT molecular complexity index is 967. The number of aromatic amines is 1. The molecule has 7 heteroatoms. The zero-order valence-electron chi connectivity index (χ0n) is 12.3. The van der Waals surface area contributed by atoms with Crippen LogP contribution < -0.4 is 5.32 Å². The maximum atomic E-state index is 4.42. The fourth-order valence-corrected chi connectivity index (χ4v) is 2.63. The minimum absolute atomic E-state index is 0.601. The summed E-state index contributed by atoms with van der Waals surface area (Å²) in [6.07, 6.45) is 3.79. The highest BCUT2D eigenvalue weighted by atomic mass is 15.4. The van der Waals surface area contributed by atoms with E-state index in [2.05, 4.69) is 43.6 Å². The first-order valence-corrected chi connectivity index (χ1v) is 7.15. The smallest absolute Gasteiger partial charge is 0.224 e. The Hall–Kier alpha value is -2.96. The summed E-state index contributed by atoms with van der Waals surface area (Å²) in [5, 5.41) is 12.3. The summed E-state index contributed by atoms with van der Waals surface area (Å²) >= 11 is 0. The molecule has 22 heavy (non-hydrogen) atoms. The predicted octanol–water partition coefficient (Wildman–Crippen LogP) is 2.43. The van der Waals surface area contributed by atoms with Crippen molar-refractivity contribution >= 4 is 28.0 Å². The van der Waals surface area contributed by atoms with Crippen LogP contribution in [-0.2, 0) is 6.54 Å². The molecule has 0 aliphatic carbocycles. The lowest BCUT2D eigenvalue weighted by Crippen LogP contribution is -1.96. The third-order valence-corrected chi connectivity index (χ3v) is 3.78. The molecule has 4 rings (SSSR count). The molecule has 0 saturated carbocycles. The number of hydrogen-bond acceptors (Lipinski definition) is 5. The van der Waals surface area contributed by atoms with Crippen molar-refractivity contribution in [2.75, 3.05) is 12.4 Å². The molecule has 0 bridgehead atoms. The van der Waals surface area contributed by atoms with Gasteiger partial charge in [0, 0.05) is 36.9 Å². The van der Waals surface area contributed by atoms with Gasteiger partial charge >= 0.3 is 0 Å². The van der Waals surface area contributed by atoms with Crippen LogP contribution in [-0.4, -0.2) is 37.0 Å². The third kappa shape index (κ3) is 1.82. The minimum Gasteiger partial charge on any atom is -0.357 e. The van der Waals surface area contributed by atoms with Crippen molar-refractivity contribution in [3.63, 3.8) is 0 Å². The zero-order valence-corrected chi connectivity index (χ0v) is 12.3. The molecule has 3 aromatic heterocycles. The molecule has 4 aromatic rings. The van der Waals surface area contributed by atoms with E-state index in [-0.39, 0.29) is 0 Å². The maximum absolute atomic E-state index is 4.42. The van der Waals surface area contributed by atoms with Crippen LogP contribution in [0.3, 0.4) is 0 Å². The Labute approximate surface area is 126 Å². The number of aryl methyl sites for hydroxylation is 1. The second kappa shape index (κ2) is 4.80. The van der Waals surface area contributed by atoms with Crippen molar-refractivity contribution in [1.29, 1.82) is 0 Å². The number of nitrogens with one attached hydrogen (secondary N) is 2. The first kappa shape index (κ1) is 12.8. The van der Waals surface area contributed by atoms with Crippen LogP contribution in [0.2, 0.25) is 0 Å². The fraction of sp³-hybridized carbons (Fsp3) is 0.200. The van der Waals surface area contributed by atoms with Gasteiger partial charge in [0.15, 0.2) is 0 Å². The van der Waals surface area contributed by atoms with Gasteiger partial charge in [-0.2, -0.15) is 4.98 Å². The van der Waals surface area contributed by atoms with E-state index in [4.69, 9.17) is 0 Å². The summed E-state index contributed by atoms with van der Waals surface area (Å²) in [5.41, 5.74) is 4.91. The highest BCUT2D eigenvalue weighted by Gasteiger charge is 2.11. The van der Waals surface area contributed by atoms with Crippen molar-refractivity contribution in [3.8, 4) is 11.1 Å². The molecule has 0 aliphatic rings. The van der Waals surface area contributed by atoms with Crippen LogP contribution in [0.4, 0.5) is 5.95 Å². The van der Waals surface area contributed by atoms with Crippen LogP contribution in [0.5, 0.6) is 0 Å². The van der Waals surface area contributed by atoms with Crippen LogP contribution in [0.15, 0.2) is 30.6 Å². The predicted molar refractivity (Wildman–Crippen MR) is 85.6 cm³/mol. The molecule has 0 fully saturated rings. The van der Waals surface area contributed by atoms with E-state index in [9.17, 15) is 0 Å². The fourth-order valence-electron chi connectivity index (χ4n) is 2.63. The maximum Gasteiger partial charge on any atom is 0.224 e. The summed E-state index contributed by atoms with van der Waals surface area (Å²) in [4.78, 5) is 11.9. The van der Waals surface area contributed by atoms with Gasteiger partial charge in [-0.25, -0.2) is 9.67 Å². The topological polar surface area (TPSA) is 84.3 Å². The Kier molecular flexibility index (Phi) is 2.78. The number of fused-ring (bicyclic) bond motifs is 2. The largest absolute Gasteiger partial charge is 0.357 e. The molecule has 0 unspecified atom stereocenters. The van der Waals surface area contributed by atoms with E-state index in [1.807, 2.05) is 29.2 Å². The van der Waals surface area contributed by atoms with Gasteiger partial charge in [-0.3, -0.25) is 0 Å². The lowest BCUT2D eigenvalue weighted by atomic mass is 10.1. The van der Waals surface area contributed by atoms with E-state index in [0.29, 0.717) is 5.95 Å². The minimum atomic E-state index is 0.601. The van der Waals surface area contributed by atoms with Crippen molar-refractivity contribution in [2.45, 2.75) is 13.5 Å². The summed E-state index contributed by atoms with van der Waals surface area (Å²) in [6.45, 7) is 2.85. The second-order valence-electron chi connectivity index (χ2n) is 5.02. The summed E-state index contributed by atoms with van der Waals surface area (Å²) < 4.78 is 1.89. The quantitative estimate of drug-likeness (QED) is 0.606. The molecule has 1 aromatic carbocycles. The van der Waals surface area contributed by atoms with E-state index in [1.165, 1.54) is 0 Å². The number of anilines is 1. The van der Waals surface area contributed by atoms with E-state index in [1.54, 1.807) is 7.05 Å². The van der Waals surface area contributed by atoms with Gasteiger partial charge in [-0.1, -0.05) is 11.3 Å². The molecular formula is C15H15N7. The number of H-pyrrole nitrogens is 1. The first-order valence-electron chi connectivity index (χ1n) is 7.15. The van der Waals surface area contributed by atoms with E-state index in [0.717, 1.165) is 39.7 Å². The summed E-state index contributed by atoms with van der Waals surface area (Å²) in [7, 11) is 1.80. The van der Waals surface area contributed by atoms with Gasteiger partial charge in [-0.05, 0) is 24.6 Å². The van der Waals surface area contributed by atoms with Gasteiger partial charge in [0.1, 0.15) is 11.2 Å². The van der Waals surface area contributed by atoms with Gasteiger partial charge in [-0.15, -0.1) is 5.10 Å². The number of hydrogen-bond donors (Lipinski definition) is 2. The Morgan fingerprint density at radius 2 is 2.23 bits per heavy atom. The molecule has 0 atom stereocenters. The molecule has 7 nitrogen and oxygen atoms in total. The van der Waals surface area contributed by atoms with Gasteiger partial charge < -0.3 is 10.3 Å². The zero-order chi connectivity index (χ0) is 15.1. The van der Waals surface area contributed by atoms with Crippen LogP contribution in [0.25, 0.3) is 33.2 Å². The average Bonchev–Trinajstić information content (AvgIpc) is 3.17. The molecular weight excluding hydrogens is 278 g/mol. The standard InChI is InChI=1S/C15H15N7/c1-3-22-13-6-9(4-5-12(13)20-21-22)10-7-17-14-11(10)8-18-15(16-2)19-14/h4-8H,3H2,1-2H3,(H2,16,17,18,19). The molecule has 0 aliphatic heterocycles. The van der Waals surface area contributed by atoms with Crippen LogP contribution in [0.1, 0.15) is 6.92 Å². The number of benzene rings is 1. The molecule has 110 valence electrons. The van der Waals surface area contributed by atoms with Crippen molar-refractivity contribution in [2.24, 2.45) is 0 Å². The SMILES string of the molecule is CCn1nnc2ccc(-c3c[nH]c4nc(NC)ncc34)cc21. The van der Waals surface area contributed by atoms with Crippen molar-refractivity contribution in [3.05, 3.63) is 30.6 Å². The lowest BCUT2D eigenvalue weighted by molar-refractivity contribution is 0.646. The molecule has 2 N–H and O–H groups in total. The summed E-state index contributed by atoms with van der Waals surface area (Å²) in [6, 6.07) is 6.14. The van der Waals surface area contributed by atoms with E-state index < -0.39 is 0 Å². The third-order valence-electron chi connectivity index (χ3n) is 3.78. The average molecular weight is 293 g/mol. The Morgan fingerprint density at radius 3 is 3.05 bits per heavy atom. The highest BCUT2D eigenvalue weighted by Crippen LogP contribution is 2.29. The normalized spacial score (nSPS) is 11.4. The van der Waals surface area contributed by atoms with Gasteiger partial charge in [0.25, 0.3) is 0 Å². The monoisotopic (exact) mass is 293 g/mol. The van der Waals surface area contributed by atoms with Crippen molar-refractivity contribution in [1.82, 2.24) is 29.9 Å². The molecule has 0 spiro atoms. The molecule has 0 amide bonds. The number of rotatable bonds is 3. The second-order valence-corrected chi connectivity index (χ2v) is 5.02.